The van der Waals surface area contributed by atoms with E-state index in [9.17, 15) is 9.59 Å². The van der Waals surface area contributed by atoms with Crippen LogP contribution in [0.3, 0.4) is 0 Å². The van der Waals surface area contributed by atoms with Crippen molar-refractivity contribution < 1.29 is 9.53 Å². The van der Waals surface area contributed by atoms with Gasteiger partial charge < -0.3 is 9.64 Å². The summed E-state index contributed by atoms with van der Waals surface area (Å²) in [4.78, 5) is 26.1. The number of hydrogen-bond acceptors (Lipinski definition) is 4. The Hall–Kier alpha value is -2.89. The van der Waals surface area contributed by atoms with Crippen LogP contribution in [-0.4, -0.2) is 39.3 Å². The number of ether oxygens (including phenoxy) is 1. The third-order valence-corrected chi connectivity index (χ3v) is 5.10. The lowest BCUT2D eigenvalue weighted by Crippen LogP contribution is -2.38. The summed E-state index contributed by atoms with van der Waals surface area (Å²) in [5, 5.41) is 4.08. The minimum Gasteiger partial charge on any atom is -0.483 e. The molecule has 4 rings (SSSR count). The normalized spacial score (nSPS) is 21.8. The number of nitrogens with zero attached hydrogens (tertiary/aromatic N) is 3. The van der Waals surface area contributed by atoms with Gasteiger partial charge in [-0.1, -0.05) is 24.3 Å². The van der Waals surface area contributed by atoms with Gasteiger partial charge in [-0.2, -0.15) is 5.10 Å². The fourth-order valence-electron chi connectivity index (χ4n) is 3.59. The quantitative estimate of drug-likeness (QED) is 0.790. The molecular formula is C20H21N3O3. The van der Waals surface area contributed by atoms with E-state index in [2.05, 4.69) is 17.3 Å². The first-order valence-electron chi connectivity index (χ1n) is 8.87. The van der Waals surface area contributed by atoms with Gasteiger partial charge in [0.25, 0.3) is 11.5 Å². The highest BCUT2D eigenvalue weighted by Crippen LogP contribution is 2.37. The molecule has 0 bridgehead atoms. The van der Waals surface area contributed by atoms with Crippen LogP contribution >= 0.6 is 0 Å². The van der Waals surface area contributed by atoms with Crippen molar-refractivity contribution in [1.29, 1.82) is 0 Å². The van der Waals surface area contributed by atoms with Crippen LogP contribution < -0.4 is 10.3 Å². The summed E-state index contributed by atoms with van der Waals surface area (Å²) in [5.41, 5.74) is 0.800. The molecule has 1 unspecified atom stereocenters. The number of aromatic nitrogens is 2. The second kappa shape index (κ2) is 6.44. The number of fused-ring (bicyclic) bond motifs is 1. The van der Waals surface area contributed by atoms with Crippen molar-refractivity contribution in [2.24, 2.45) is 7.05 Å². The largest absolute Gasteiger partial charge is 0.483 e. The van der Waals surface area contributed by atoms with Crippen molar-refractivity contribution in [1.82, 2.24) is 14.7 Å². The molecule has 1 fully saturated rings. The second-order valence-corrected chi connectivity index (χ2v) is 6.86. The monoisotopic (exact) mass is 351 g/mol. The lowest BCUT2D eigenvalue weighted by molar-refractivity contribution is 0.0722. The summed E-state index contributed by atoms with van der Waals surface area (Å²) in [6.45, 7) is 1.25. The summed E-state index contributed by atoms with van der Waals surface area (Å²) < 4.78 is 7.51. The Labute approximate surface area is 151 Å². The Balaban J connectivity index is 1.51. The second-order valence-electron chi connectivity index (χ2n) is 6.86. The molecule has 26 heavy (non-hydrogen) atoms. The smallest absolute Gasteiger partial charge is 0.274 e. The van der Waals surface area contributed by atoms with Gasteiger partial charge in [0.05, 0.1) is 0 Å². The number of likely N-dealkylation sites (tertiary alicyclic amines) is 1. The van der Waals surface area contributed by atoms with Gasteiger partial charge in [0.2, 0.25) is 0 Å². The Morgan fingerprint density at radius 2 is 2.00 bits per heavy atom. The molecule has 1 amide bonds. The van der Waals surface area contributed by atoms with Crippen LogP contribution in [0.5, 0.6) is 5.75 Å². The molecule has 0 N–H and O–H groups in total. The highest BCUT2D eigenvalue weighted by molar-refractivity contribution is 5.92. The van der Waals surface area contributed by atoms with Crippen molar-refractivity contribution >= 4 is 12.0 Å². The van der Waals surface area contributed by atoms with E-state index in [1.807, 2.05) is 24.3 Å². The zero-order valence-electron chi connectivity index (χ0n) is 14.7. The molecule has 2 aliphatic rings. The van der Waals surface area contributed by atoms with Crippen molar-refractivity contribution in [2.45, 2.75) is 24.9 Å². The predicted molar refractivity (Wildman–Crippen MR) is 98.1 cm³/mol. The summed E-state index contributed by atoms with van der Waals surface area (Å²) in [6.07, 6.45) is 6.69. The number of carbonyl (C=O) groups is 1. The minimum atomic E-state index is -0.361. The van der Waals surface area contributed by atoms with E-state index >= 15 is 0 Å². The van der Waals surface area contributed by atoms with Crippen LogP contribution in [0.2, 0.25) is 0 Å². The Morgan fingerprint density at radius 1 is 1.15 bits per heavy atom. The molecule has 1 saturated heterocycles. The first-order valence-corrected chi connectivity index (χ1v) is 8.87. The number of aryl methyl sites for hydroxylation is 1. The number of rotatable bonds is 1. The van der Waals surface area contributed by atoms with E-state index in [-0.39, 0.29) is 17.1 Å². The molecule has 6 heteroatoms. The Kier molecular flexibility index (Phi) is 4.11. The number of benzene rings is 1. The van der Waals surface area contributed by atoms with Gasteiger partial charge in [0, 0.05) is 38.2 Å². The average Bonchev–Trinajstić information content (AvgIpc) is 2.86. The molecule has 0 aliphatic carbocycles. The molecule has 134 valence electrons. The number of para-hydroxylation sites is 1. The average molecular weight is 351 g/mol. The molecule has 2 aliphatic heterocycles. The van der Waals surface area contributed by atoms with E-state index < -0.39 is 0 Å². The van der Waals surface area contributed by atoms with Crippen molar-refractivity contribution in [3.8, 4) is 5.75 Å². The van der Waals surface area contributed by atoms with Crippen molar-refractivity contribution in [3.05, 3.63) is 64.1 Å². The maximum atomic E-state index is 12.8. The summed E-state index contributed by atoms with van der Waals surface area (Å²) in [7, 11) is 1.55. The summed E-state index contributed by atoms with van der Waals surface area (Å²) >= 11 is 0. The van der Waals surface area contributed by atoms with E-state index in [0.717, 1.165) is 30.6 Å². The van der Waals surface area contributed by atoms with Gasteiger partial charge in [-0.25, -0.2) is 4.68 Å². The maximum Gasteiger partial charge on any atom is 0.274 e. The predicted octanol–water partition coefficient (Wildman–Crippen LogP) is 2.25. The topological polar surface area (TPSA) is 64.4 Å². The zero-order chi connectivity index (χ0) is 18.1. The van der Waals surface area contributed by atoms with Gasteiger partial charge in [-0.05, 0) is 31.1 Å². The van der Waals surface area contributed by atoms with Gasteiger partial charge in [-0.15, -0.1) is 0 Å². The van der Waals surface area contributed by atoms with Crippen LogP contribution in [0.25, 0.3) is 6.08 Å². The zero-order valence-corrected chi connectivity index (χ0v) is 14.7. The first-order chi connectivity index (χ1) is 12.6. The van der Waals surface area contributed by atoms with E-state index in [1.54, 1.807) is 11.9 Å². The molecule has 1 spiro atoms. The van der Waals surface area contributed by atoms with Gasteiger partial charge in [0.1, 0.15) is 17.0 Å². The molecule has 0 radical (unpaired) electrons. The molecule has 3 heterocycles. The molecule has 1 aromatic carbocycles. The highest BCUT2D eigenvalue weighted by Gasteiger charge is 2.36. The van der Waals surface area contributed by atoms with Crippen LogP contribution in [0, 0.1) is 0 Å². The fourth-order valence-corrected chi connectivity index (χ4v) is 3.59. The van der Waals surface area contributed by atoms with E-state index in [4.69, 9.17) is 4.74 Å². The fraction of sp³-hybridized carbons (Fsp3) is 0.350. The van der Waals surface area contributed by atoms with Crippen molar-refractivity contribution in [3.63, 3.8) is 0 Å². The summed E-state index contributed by atoms with van der Waals surface area (Å²) in [5.74, 6) is 0.757. The molecule has 6 nitrogen and oxygen atoms in total. The van der Waals surface area contributed by atoms with E-state index in [1.165, 1.54) is 16.8 Å². The molecule has 2 aromatic rings. The third-order valence-electron chi connectivity index (χ3n) is 5.10. The standard InChI is InChI=1S/C20H21N3O3/c1-22-18(24)8-7-16(21-22)19(25)23-13-4-10-20(12-14-23)11-9-15-5-2-3-6-17(15)26-20/h2-3,5-9,11H,4,10,12-14H2,1H3. The number of amides is 1. The maximum absolute atomic E-state index is 12.8. The van der Waals surface area contributed by atoms with Gasteiger partial charge in [-0.3, -0.25) is 9.59 Å². The summed E-state index contributed by atoms with van der Waals surface area (Å²) in [6, 6.07) is 10.9. The van der Waals surface area contributed by atoms with Crippen LogP contribution in [0.4, 0.5) is 0 Å². The Morgan fingerprint density at radius 3 is 2.85 bits per heavy atom. The minimum absolute atomic E-state index is 0.141. The van der Waals surface area contributed by atoms with Crippen LogP contribution in [0.1, 0.15) is 35.3 Å². The van der Waals surface area contributed by atoms with Crippen molar-refractivity contribution in [2.75, 3.05) is 13.1 Å². The third kappa shape index (κ3) is 3.03. The van der Waals surface area contributed by atoms with Gasteiger partial charge >= 0.3 is 0 Å². The van der Waals surface area contributed by atoms with Gasteiger partial charge in [0.15, 0.2) is 0 Å². The highest BCUT2D eigenvalue weighted by atomic mass is 16.5. The molecule has 1 aromatic heterocycles. The lowest BCUT2D eigenvalue weighted by Gasteiger charge is -2.34. The lowest BCUT2D eigenvalue weighted by atomic mass is 9.91. The first kappa shape index (κ1) is 16.6. The number of hydrogen-bond donors (Lipinski definition) is 0. The molecule has 1 atom stereocenters. The molecule has 0 saturated carbocycles. The van der Waals surface area contributed by atoms with Crippen LogP contribution in [0.15, 0.2) is 47.3 Å². The van der Waals surface area contributed by atoms with Crippen LogP contribution in [-0.2, 0) is 7.05 Å². The molecular weight excluding hydrogens is 330 g/mol. The Bertz CT molecular complexity index is 934. The SMILES string of the molecule is Cn1nc(C(=O)N2CCCC3(C=Cc4ccccc4O3)CC2)ccc1=O. The van der Waals surface area contributed by atoms with E-state index in [0.29, 0.717) is 18.8 Å². The number of carbonyl (C=O) groups excluding carboxylic acids is 1.